The maximum Gasteiger partial charge on any atom is 0.161 e. The van der Waals surface area contributed by atoms with Crippen LogP contribution in [0, 0.1) is 6.92 Å². The van der Waals surface area contributed by atoms with Crippen molar-refractivity contribution in [3.05, 3.63) is 88.5 Å². The number of oxime groups is 1. The molecule has 1 aliphatic carbocycles. The second kappa shape index (κ2) is 11.8. The van der Waals surface area contributed by atoms with Gasteiger partial charge in [-0.2, -0.15) is 0 Å². The minimum Gasteiger partial charge on any atom is -0.508 e. The van der Waals surface area contributed by atoms with E-state index >= 15 is 0 Å². The third-order valence-corrected chi connectivity index (χ3v) is 7.52. The van der Waals surface area contributed by atoms with E-state index in [1.165, 1.54) is 5.57 Å². The average molecular weight is 515 g/mol. The predicted molar refractivity (Wildman–Crippen MR) is 151 cm³/mol. The maximum absolute atomic E-state index is 12.5. The van der Waals surface area contributed by atoms with Crippen molar-refractivity contribution in [2.45, 2.75) is 45.1 Å². The van der Waals surface area contributed by atoms with Gasteiger partial charge in [0.15, 0.2) is 5.75 Å². The number of aryl methyl sites for hydroxylation is 2. The van der Waals surface area contributed by atoms with Crippen molar-refractivity contribution >= 4 is 17.9 Å². The van der Waals surface area contributed by atoms with Gasteiger partial charge >= 0.3 is 0 Å². The summed E-state index contributed by atoms with van der Waals surface area (Å²) in [6.07, 6.45) is 4.42. The maximum atomic E-state index is 12.5. The van der Waals surface area contributed by atoms with E-state index < -0.39 is 0 Å². The van der Waals surface area contributed by atoms with Gasteiger partial charge in [-0.05, 0) is 108 Å². The Labute approximate surface area is 224 Å². The van der Waals surface area contributed by atoms with Gasteiger partial charge in [0.25, 0.3) is 0 Å². The van der Waals surface area contributed by atoms with Crippen LogP contribution < -0.4 is 9.57 Å². The highest BCUT2D eigenvalue weighted by atomic mass is 19.1. The molecule has 0 bridgehead atoms. The molecule has 1 heterocycles. The Balaban J connectivity index is 1.50. The van der Waals surface area contributed by atoms with Gasteiger partial charge in [-0.15, -0.1) is 0 Å². The van der Waals surface area contributed by atoms with E-state index in [9.17, 15) is 9.50 Å². The number of aromatic hydroxyl groups is 1. The number of likely N-dealkylation sites (tertiary alicyclic amines) is 1. The molecule has 5 nitrogen and oxygen atoms in total. The molecule has 3 aromatic carbocycles. The number of hydrogen-bond acceptors (Lipinski definition) is 5. The van der Waals surface area contributed by atoms with Crippen molar-refractivity contribution in [1.29, 1.82) is 0 Å². The number of allylic oxidation sites excluding steroid dienone is 1. The number of rotatable bonds is 9. The second-order valence-corrected chi connectivity index (χ2v) is 10.1. The van der Waals surface area contributed by atoms with Gasteiger partial charge in [0.2, 0.25) is 0 Å². The van der Waals surface area contributed by atoms with Gasteiger partial charge in [-0.3, -0.25) is 9.29 Å². The minimum absolute atomic E-state index is 0.126. The van der Waals surface area contributed by atoms with Crippen LogP contribution in [0.4, 0.5) is 4.39 Å². The second-order valence-electron chi connectivity index (χ2n) is 10.1. The topological polar surface area (TPSA) is 54.3 Å². The molecule has 1 fully saturated rings. The van der Waals surface area contributed by atoms with Crippen molar-refractivity contribution in [3.8, 4) is 17.2 Å². The fourth-order valence-corrected chi connectivity index (χ4v) is 5.62. The Morgan fingerprint density at radius 1 is 1.05 bits per heavy atom. The van der Waals surface area contributed by atoms with Crippen molar-refractivity contribution in [1.82, 2.24) is 4.90 Å². The normalized spacial score (nSPS) is 17.7. The molecule has 5 rings (SSSR count). The highest BCUT2D eigenvalue weighted by Gasteiger charge is 2.24. The Morgan fingerprint density at radius 2 is 1.87 bits per heavy atom. The summed E-state index contributed by atoms with van der Waals surface area (Å²) in [6, 6.07) is 20.2. The zero-order chi connectivity index (χ0) is 26.5. The van der Waals surface area contributed by atoms with Crippen molar-refractivity contribution in [2.24, 2.45) is 5.16 Å². The first-order chi connectivity index (χ1) is 18.6. The van der Waals surface area contributed by atoms with E-state index in [1.54, 1.807) is 6.07 Å². The first-order valence-electron chi connectivity index (χ1n) is 13.4. The van der Waals surface area contributed by atoms with Crippen LogP contribution in [0.2, 0.25) is 0 Å². The quantitative estimate of drug-likeness (QED) is 0.252. The number of nitrogens with zero attached hydrogens (tertiary/aromatic N) is 2. The van der Waals surface area contributed by atoms with Gasteiger partial charge in [0.1, 0.15) is 17.6 Å². The first kappa shape index (κ1) is 26.0. The minimum atomic E-state index is -0.272. The van der Waals surface area contributed by atoms with E-state index in [2.05, 4.69) is 41.0 Å². The molecule has 1 aliphatic heterocycles. The number of phenols is 1. The molecule has 3 aromatic rings. The molecule has 0 aromatic heterocycles. The van der Waals surface area contributed by atoms with E-state index in [0.29, 0.717) is 12.2 Å². The molecule has 38 heavy (non-hydrogen) atoms. The molecular formula is C32H35FN2O3. The molecule has 198 valence electrons. The summed E-state index contributed by atoms with van der Waals surface area (Å²) in [6.45, 7) is 7.78. The number of phenolic OH excluding ortho intramolecular Hbond substituents is 1. The zero-order valence-corrected chi connectivity index (χ0v) is 22.0. The number of ether oxygens (including phenoxy) is 1. The van der Waals surface area contributed by atoms with Crippen LogP contribution in [0.1, 0.15) is 53.5 Å². The Morgan fingerprint density at radius 3 is 2.66 bits per heavy atom. The molecule has 1 atom stereocenters. The summed E-state index contributed by atoms with van der Waals surface area (Å²) in [7, 11) is 0. The lowest BCUT2D eigenvalue weighted by atomic mass is 9.87. The summed E-state index contributed by atoms with van der Waals surface area (Å²) < 4.78 is 18.8. The highest BCUT2D eigenvalue weighted by molar-refractivity contribution is 6.00. The van der Waals surface area contributed by atoms with E-state index in [-0.39, 0.29) is 18.5 Å². The average Bonchev–Trinajstić information content (AvgIpc) is 3.28. The molecular weight excluding hydrogens is 479 g/mol. The summed E-state index contributed by atoms with van der Waals surface area (Å²) in [4.78, 5) is 7.73. The number of alkyl halides is 1. The van der Waals surface area contributed by atoms with Gasteiger partial charge in [0.05, 0.1) is 6.67 Å². The van der Waals surface area contributed by atoms with Crippen LogP contribution >= 0.6 is 0 Å². The van der Waals surface area contributed by atoms with Gasteiger partial charge < -0.3 is 14.7 Å². The SMILES string of the molecule is C=NOc1cc(C2=C(c3ccc(O[C@H]4CCN(CCCF)C4)cc3)c3ccc(O)cc3CCC2)ccc1C. The first-order valence-corrected chi connectivity index (χ1v) is 13.4. The third kappa shape index (κ3) is 5.76. The molecule has 1 N–H and O–H groups in total. The lowest BCUT2D eigenvalue weighted by Gasteiger charge is -2.19. The van der Waals surface area contributed by atoms with E-state index in [0.717, 1.165) is 84.5 Å². The summed E-state index contributed by atoms with van der Waals surface area (Å²) >= 11 is 0. The molecule has 6 heteroatoms. The van der Waals surface area contributed by atoms with Crippen molar-refractivity contribution < 1.29 is 19.1 Å². The van der Waals surface area contributed by atoms with Crippen LogP contribution in [0.15, 0.2) is 65.8 Å². The Bertz CT molecular complexity index is 1320. The van der Waals surface area contributed by atoms with Crippen LogP contribution in [0.3, 0.4) is 0 Å². The summed E-state index contributed by atoms with van der Waals surface area (Å²) in [5.41, 5.74) is 7.85. The standard InChI is InChI=1S/C32H35FN2O3/c1-22-7-8-25(20-31(22)38-34-2)29-6-3-5-24-19-26(36)11-14-30(24)32(29)23-9-12-27(13-10-23)37-28-15-18-35(21-28)17-4-16-33/h7-14,19-20,28,36H,2-6,15-18,21H2,1H3/t28-/m0/s1. The highest BCUT2D eigenvalue weighted by Crippen LogP contribution is 2.42. The number of hydrogen-bond donors (Lipinski definition) is 1. The largest absolute Gasteiger partial charge is 0.508 e. The van der Waals surface area contributed by atoms with Crippen LogP contribution in [-0.4, -0.2) is 49.1 Å². The van der Waals surface area contributed by atoms with Crippen molar-refractivity contribution in [2.75, 3.05) is 26.3 Å². The van der Waals surface area contributed by atoms with Crippen molar-refractivity contribution in [3.63, 3.8) is 0 Å². The van der Waals surface area contributed by atoms with Gasteiger partial charge in [-0.25, -0.2) is 0 Å². The number of fused-ring (bicyclic) bond motifs is 1. The molecule has 0 radical (unpaired) electrons. The van der Waals surface area contributed by atoms with Crippen LogP contribution in [-0.2, 0) is 6.42 Å². The predicted octanol–water partition coefficient (Wildman–Crippen LogP) is 6.80. The van der Waals surface area contributed by atoms with Gasteiger partial charge in [0, 0.05) is 26.4 Å². The van der Waals surface area contributed by atoms with Gasteiger partial charge in [-0.1, -0.05) is 35.5 Å². The third-order valence-electron chi connectivity index (χ3n) is 7.52. The molecule has 0 amide bonds. The lowest BCUT2D eigenvalue weighted by Crippen LogP contribution is -2.26. The Kier molecular flexibility index (Phi) is 8.08. The molecule has 1 saturated heterocycles. The molecule has 2 aliphatic rings. The number of halogens is 1. The van der Waals surface area contributed by atoms with E-state index in [4.69, 9.17) is 9.57 Å². The molecule has 0 spiro atoms. The fraction of sp³-hybridized carbons (Fsp3) is 0.344. The zero-order valence-electron chi connectivity index (χ0n) is 22.0. The lowest BCUT2D eigenvalue weighted by molar-refractivity contribution is 0.198. The number of benzene rings is 3. The molecule has 0 saturated carbocycles. The monoisotopic (exact) mass is 514 g/mol. The molecule has 0 unspecified atom stereocenters. The van der Waals surface area contributed by atoms with E-state index in [1.807, 2.05) is 37.3 Å². The fourth-order valence-electron chi connectivity index (χ4n) is 5.62. The summed E-state index contributed by atoms with van der Waals surface area (Å²) in [5.74, 6) is 1.83. The van der Waals surface area contributed by atoms with Crippen LogP contribution in [0.25, 0.3) is 11.1 Å². The van der Waals surface area contributed by atoms with Crippen LogP contribution in [0.5, 0.6) is 17.2 Å². The Hall–Kier alpha value is -3.64. The smallest absolute Gasteiger partial charge is 0.161 e. The summed E-state index contributed by atoms with van der Waals surface area (Å²) in [5, 5.41) is 13.8.